The standard InChI is InChI=1S/C29H33F2N3O5S/c1-20(2)17-32-29(36)21(3)33(18-22-7-5-6-8-27(22)31)28(35)19-34(24-11-9-23(30)10-12-24)40(37,38)26-15-13-25(39-4)14-16-26/h5-16,20-21H,17-19H2,1-4H3,(H,32,36). The van der Waals surface area contributed by atoms with Gasteiger partial charge in [0.05, 0.1) is 17.7 Å². The molecule has 0 bridgehead atoms. The molecule has 0 fully saturated rings. The number of hydrogen-bond donors (Lipinski definition) is 1. The number of benzene rings is 3. The minimum atomic E-state index is -4.34. The second-order valence-electron chi connectivity index (χ2n) is 9.59. The van der Waals surface area contributed by atoms with Gasteiger partial charge < -0.3 is 15.0 Å². The van der Waals surface area contributed by atoms with Crippen molar-refractivity contribution < 1.29 is 31.5 Å². The first kappa shape index (κ1) is 30.6. The maximum Gasteiger partial charge on any atom is 0.264 e. The largest absolute Gasteiger partial charge is 0.497 e. The predicted molar refractivity (Wildman–Crippen MR) is 148 cm³/mol. The topological polar surface area (TPSA) is 96.0 Å². The van der Waals surface area contributed by atoms with Gasteiger partial charge in [-0.15, -0.1) is 0 Å². The maximum atomic E-state index is 14.6. The molecule has 0 aliphatic carbocycles. The average molecular weight is 574 g/mol. The van der Waals surface area contributed by atoms with Crippen LogP contribution in [0.15, 0.2) is 77.7 Å². The lowest BCUT2D eigenvalue weighted by molar-refractivity contribution is -0.139. The van der Waals surface area contributed by atoms with Crippen LogP contribution in [-0.2, 0) is 26.2 Å². The summed E-state index contributed by atoms with van der Waals surface area (Å²) in [7, 11) is -2.90. The third-order valence-corrected chi connectivity index (χ3v) is 7.98. The number of amides is 2. The summed E-state index contributed by atoms with van der Waals surface area (Å²) in [6.07, 6.45) is 0. The molecule has 0 aliphatic rings. The summed E-state index contributed by atoms with van der Waals surface area (Å²) in [6, 6.07) is 15.0. The zero-order valence-electron chi connectivity index (χ0n) is 22.8. The number of hydrogen-bond acceptors (Lipinski definition) is 5. The van der Waals surface area contributed by atoms with Crippen molar-refractivity contribution in [2.75, 3.05) is 24.5 Å². The molecule has 0 radical (unpaired) electrons. The highest BCUT2D eigenvalue weighted by molar-refractivity contribution is 7.92. The van der Waals surface area contributed by atoms with Gasteiger partial charge in [-0.1, -0.05) is 32.0 Å². The minimum Gasteiger partial charge on any atom is -0.497 e. The maximum absolute atomic E-state index is 14.6. The Morgan fingerprint density at radius 1 is 0.925 bits per heavy atom. The molecule has 0 aromatic heterocycles. The van der Waals surface area contributed by atoms with Crippen LogP contribution in [0, 0.1) is 17.6 Å². The molecule has 0 heterocycles. The number of carbonyl (C=O) groups excluding carboxylic acids is 2. The van der Waals surface area contributed by atoms with Gasteiger partial charge in [0.15, 0.2) is 0 Å². The van der Waals surface area contributed by atoms with Gasteiger partial charge in [-0.2, -0.15) is 0 Å². The molecule has 8 nitrogen and oxygen atoms in total. The summed E-state index contributed by atoms with van der Waals surface area (Å²) >= 11 is 0. The van der Waals surface area contributed by atoms with Crippen LogP contribution in [0.25, 0.3) is 0 Å². The number of ether oxygens (including phenoxy) is 1. The SMILES string of the molecule is COc1ccc(S(=O)(=O)N(CC(=O)N(Cc2ccccc2F)C(C)C(=O)NCC(C)C)c2ccc(F)cc2)cc1. The number of rotatable bonds is 12. The van der Waals surface area contributed by atoms with E-state index in [1.165, 1.54) is 68.6 Å². The Labute approximate surface area is 233 Å². The zero-order chi connectivity index (χ0) is 29.4. The van der Waals surface area contributed by atoms with Gasteiger partial charge in [-0.05, 0) is 67.4 Å². The molecule has 0 saturated carbocycles. The Balaban J connectivity index is 2.02. The number of anilines is 1. The van der Waals surface area contributed by atoms with Crippen molar-refractivity contribution in [2.24, 2.45) is 5.92 Å². The first-order valence-corrected chi connectivity index (χ1v) is 14.1. The third-order valence-electron chi connectivity index (χ3n) is 6.19. The van der Waals surface area contributed by atoms with E-state index in [-0.39, 0.29) is 28.6 Å². The van der Waals surface area contributed by atoms with E-state index in [0.717, 1.165) is 21.3 Å². The smallest absolute Gasteiger partial charge is 0.264 e. The van der Waals surface area contributed by atoms with Crippen molar-refractivity contribution >= 4 is 27.5 Å². The lowest BCUT2D eigenvalue weighted by atomic mass is 10.1. The van der Waals surface area contributed by atoms with Gasteiger partial charge in [-0.25, -0.2) is 17.2 Å². The molecule has 1 N–H and O–H groups in total. The number of methoxy groups -OCH3 is 1. The third kappa shape index (κ3) is 7.56. The lowest BCUT2D eigenvalue weighted by Crippen LogP contribution is -2.51. The quantitative estimate of drug-likeness (QED) is 0.348. The molecule has 0 saturated heterocycles. The summed E-state index contributed by atoms with van der Waals surface area (Å²) in [4.78, 5) is 27.8. The first-order chi connectivity index (χ1) is 18.9. The number of nitrogens with one attached hydrogen (secondary N) is 1. The van der Waals surface area contributed by atoms with E-state index in [0.29, 0.717) is 12.3 Å². The van der Waals surface area contributed by atoms with Crippen LogP contribution in [0.5, 0.6) is 5.75 Å². The van der Waals surface area contributed by atoms with E-state index in [9.17, 15) is 26.8 Å². The zero-order valence-corrected chi connectivity index (χ0v) is 23.6. The van der Waals surface area contributed by atoms with Gasteiger partial charge in [0, 0.05) is 18.7 Å². The van der Waals surface area contributed by atoms with E-state index in [4.69, 9.17) is 4.74 Å². The number of halogens is 2. The minimum absolute atomic E-state index is 0.0355. The van der Waals surface area contributed by atoms with E-state index in [2.05, 4.69) is 5.32 Å². The van der Waals surface area contributed by atoms with Crippen LogP contribution < -0.4 is 14.4 Å². The summed E-state index contributed by atoms with van der Waals surface area (Å²) in [6.45, 7) is 4.68. The monoisotopic (exact) mass is 573 g/mol. The molecular formula is C29H33F2N3O5S. The van der Waals surface area contributed by atoms with Gasteiger partial charge in [0.2, 0.25) is 11.8 Å². The molecular weight excluding hydrogens is 540 g/mol. The molecule has 3 aromatic carbocycles. The number of carbonyl (C=O) groups is 2. The molecule has 3 rings (SSSR count). The number of nitrogens with zero attached hydrogens (tertiary/aromatic N) is 2. The Morgan fingerprint density at radius 3 is 2.12 bits per heavy atom. The van der Waals surface area contributed by atoms with E-state index in [1.54, 1.807) is 6.07 Å². The van der Waals surface area contributed by atoms with Crippen molar-refractivity contribution in [1.29, 1.82) is 0 Å². The van der Waals surface area contributed by atoms with E-state index in [1.807, 2.05) is 13.8 Å². The van der Waals surface area contributed by atoms with E-state index >= 15 is 0 Å². The molecule has 2 amide bonds. The Morgan fingerprint density at radius 2 is 1.55 bits per heavy atom. The molecule has 1 unspecified atom stereocenters. The van der Waals surface area contributed by atoms with Gasteiger partial charge >= 0.3 is 0 Å². The number of sulfonamides is 1. The second-order valence-corrected chi connectivity index (χ2v) is 11.5. The van der Waals surface area contributed by atoms with Crippen LogP contribution in [0.2, 0.25) is 0 Å². The fourth-order valence-electron chi connectivity index (χ4n) is 3.86. The van der Waals surface area contributed by atoms with Crippen molar-refractivity contribution in [2.45, 2.75) is 38.3 Å². The summed E-state index contributed by atoms with van der Waals surface area (Å²) in [5, 5.41) is 2.76. The second kappa shape index (κ2) is 13.4. The lowest BCUT2D eigenvalue weighted by Gasteiger charge is -2.32. The summed E-state index contributed by atoms with van der Waals surface area (Å²) < 4.78 is 61.7. The Bertz CT molecular complexity index is 1410. The average Bonchev–Trinajstić information content (AvgIpc) is 2.94. The van der Waals surface area contributed by atoms with Gasteiger partial charge in [0.1, 0.15) is 30.0 Å². The summed E-state index contributed by atoms with van der Waals surface area (Å²) in [5.41, 5.74) is 0.194. The van der Waals surface area contributed by atoms with Crippen LogP contribution >= 0.6 is 0 Å². The van der Waals surface area contributed by atoms with Gasteiger partial charge in [0.25, 0.3) is 10.0 Å². The van der Waals surface area contributed by atoms with Gasteiger partial charge in [-0.3, -0.25) is 13.9 Å². The molecule has 214 valence electrons. The van der Waals surface area contributed by atoms with E-state index < -0.39 is 46.1 Å². The molecule has 1 atom stereocenters. The fraction of sp³-hybridized carbons (Fsp3) is 0.310. The Hall–Kier alpha value is -3.99. The highest BCUT2D eigenvalue weighted by Crippen LogP contribution is 2.26. The van der Waals surface area contributed by atoms with Crippen molar-refractivity contribution in [3.63, 3.8) is 0 Å². The van der Waals surface area contributed by atoms with Crippen LogP contribution in [-0.4, -0.2) is 51.4 Å². The normalized spacial score (nSPS) is 12.1. The summed E-state index contributed by atoms with van der Waals surface area (Å²) in [5.74, 6) is -1.80. The van der Waals surface area contributed by atoms with Crippen molar-refractivity contribution in [3.05, 3.63) is 90.0 Å². The highest BCUT2D eigenvalue weighted by atomic mass is 32.2. The molecule has 0 spiro atoms. The van der Waals surface area contributed by atoms with Crippen LogP contribution in [0.4, 0.5) is 14.5 Å². The highest BCUT2D eigenvalue weighted by Gasteiger charge is 2.33. The molecule has 40 heavy (non-hydrogen) atoms. The van der Waals surface area contributed by atoms with Crippen LogP contribution in [0.3, 0.4) is 0 Å². The first-order valence-electron chi connectivity index (χ1n) is 12.7. The van der Waals surface area contributed by atoms with Crippen LogP contribution in [0.1, 0.15) is 26.3 Å². The molecule has 11 heteroatoms. The van der Waals surface area contributed by atoms with Crippen molar-refractivity contribution in [1.82, 2.24) is 10.2 Å². The molecule has 3 aromatic rings. The Kier molecular flexibility index (Phi) is 10.2. The predicted octanol–water partition coefficient (Wildman–Crippen LogP) is 4.36. The van der Waals surface area contributed by atoms with Crippen molar-refractivity contribution in [3.8, 4) is 5.75 Å². The molecule has 0 aliphatic heterocycles. The fourth-order valence-corrected chi connectivity index (χ4v) is 5.27.